The Morgan fingerprint density at radius 3 is 2.39 bits per heavy atom. The third-order valence-electron chi connectivity index (χ3n) is 6.03. The Morgan fingerprint density at radius 2 is 1.70 bits per heavy atom. The molecule has 1 aromatic heterocycles. The van der Waals surface area contributed by atoms with Crippen LogP contribution in [0.25, 0.3) is 0 Å². The van der Waals surface area contributed by atoms with E-state index in [1.807, 2.05) is 34.7 Å². The monoisotopic (exact) mass is 465 g/mol. The number of methoxy groups -OCH3 is 1. The van der Waals surface area contributed by atoms with Gasteiger partial charge in [0.2, 0.25) is 5.91 Å². The minimum Gasteiger partial charge on any atom is -0.497 e. The second-order valence-electron chi connectivity index (χ2n) is 8.15. The lowest BCUT2D eigenvalue weighted by Crippen LogP contribution is -2.49. The molecule has 1 aliphatic rings. The molecule has 2 aromatic carbocycles. The van der Waals surface area contributed by atoms with E-state index in [2.05, 4.69) is 51.5 Å². The minimum atomic E-state index is 0.164. The standard InChI is InChI=1S/C25H31N5O2S/c1-28-23(10-6-7-20-11-13-22(32-2)14-12-20)26-27-25(28)33-19-24(31)30-17-15-29(16-18-30)21-8-4-3-5-9-21/h3-5,8-9,11-14H,6-7,10,15-19H2,1-2H3. The summed E-state index contributed by atoms with van der Waals surface area (Å²) in [7, 11) is 3.66. The Hall–Kier alpha value is -3.00. The average Bonchev–Trinajstić information content (AvgIpc) is 3.22. The van der Waals surface area contributed by atoms with Crippen molar-refractivity contribution in [3.05, 3.63) is 66.0 Å². The number of piperazine rings is 1. The SMILES string of the molecule is COc1ccc(CCCc2nnc(SCC(=O)N3CCN(c4ccccc4)CC3)n2C)cc1. The largest absolute Gasteiger partial charge is 0.497 e. The summed E-state index contributed by atoms with van der Waals surface area (Å²) >= 11 is 1.47. The molecule has 0 N–H and O–H groups in total. The zero-order valence-electron chi connectivity index (χ0n) is 19.3. The molecule has 0 radical (unpaired) electrons. The Labute approximate surface area is 199 Å². The molecule has 7 nitrogen and oxygen atoms in total. The Balaban J connectivity index is 1.21. The first-order valence-corrected chi connectivity index (χ1v) is 12.3. The number of rotatable bonds is 9. The van der Waals surface area contributed by atoms with Gasteiger partial charge >= 0.3 is 0 Å². The van der Waals surface area contributed by atoms with Crippen molar-refractivity contribution >= 4 is 23.4 Å². The number of amides is 1. The summed E-state index contributed by atoms with van der Waals surface area (Å²) in [6.45, 7) is 3.23. The molecule has 1 saturated heterocycles. The van der Waals surface area contributed by atoms with Gasteiger partial charge in [-0.15, -0.1) is 10.2 Å². The highest BCUT2D eigenvalue weighted by Gasteiger charge is 2.22. The van der Waals surface area contributed by atoms with Crippen molar-refractivity contribution in [2.45, 2.75) is 24.4 Å². The first-order chi connectivity index (χ1) is 16.1. The number of anilines is 1. The molecular formula is C25H31N5O2S. The number of aryl methyl sites for hydroxylation is 2. The van der Waals surface area contributed by atoms with Gasteiger partial charge < -0.3 is 19.1 Å². The Kier molecular flexibility index (Phi) is 7.88. The van der Waals surface area contributed by atoms with Crippen LogP contribution in [-0.2, 0) is 24.7 Å². The van der Waals surface area contributed by atoms with Gasteiger partial charge in [-0.25, -0.2) is 0 Å². The van der Waals surface area contributed by atoms with Crippen LogP contribution in [0.1, 0.15) is 17.8 Å². The molecule has 33 heavy (non-hydrogen) atoms. The van der Waals surface area contributed by atoms with Crippen LogP contribution in [0.3, 0.4) is 0 Å². The lowest BCUT2D eigenvalue weighted by atomic mass is 10.1. The number of ether oxygens (including phenoxy) is 1. The van der Waals surface area contributed by atoms with Crippen LogP contribution in [0, 0.1) is 0 Å². The third kappa shape index (κ3) is 6.07. The van der Waals surface area contributed by atoms with Crippen molar-refractivity contribution in [2.24, 2.45) is 7.05 Å². The van der Waals surface area contributed by atoms with Crippen LogP contribution in [-0.4, -0.2) is 64.6 Å². The van der Waals surface area contributed by atoms with Gasteiger partial charge in [0.15, 0.2) is 5.16 Å². The number of benzene rings is 2. The van der Waals surface area contributed by atoms with Crippen LogP contribution in [0.5, 0.6) is 5.75 Å². The summed E-state index contributed by atoms with van der Waals surface area (Å²) < 4.78 is 7.22. The smallest absolute Gasteiger partial charge is 0.233 e. The van der Waals surface area contributed by atoms with E-state index in [9.17, 15) is 4.79 Å². The van der Waals surface area contributed by atoms with Crippen LogP contribution in [0.15, 0.2) is 59.8 Å². The molecule has 0 spiro atoms. The normalized spacial score (nSPS) is 13.9. The highest BCUT2D eigenvalue weighted by atomic mass is 32.2. The van der Waals surface area contributed by atoms with E-state index in [0.717, 1.165) is 62.2 Å². The van der Waals surface area contributed by atoms with Crippen LogP contribution in [0.2, 0.25) is 0 Å². The van der Waals surface area contributed by atoms with Gasteiger partial charge in [-0.05, 0) is 42.7 Å². The molecule has 8 heteroatoms. The molecule has 0 atom stereocenters. The van der Waals surface area contributed by atoms with Crippen LogP contribution >= 0.6 is 11.8 Å². The van der Waals surface area contributed by atoms with Crippen molar-refractivity contribution in [1.82, 2.24) is 19.7 Å². The topological polar surface area (TPSA) is 63.5 Å². The van der Waals surface area contributed by atoms with Crippen molar-refractivity contribution in [2.75, 3.05) is 43.9 Å². The number of nitrogens with zero attached hydrogens (tertiary/aromatic N) is 5. The van der Waals surface area contributed by atoms with E-state index in [0.29, 0.717) is 5.75 Å². The molecule has 0 unspecified atom stereocenters. The fourth-order valence-corrected chi connectivity index (χ4v) is 4.83. The van der Waals surface area contributed by atoms with Gasteiger partial charge in [-0.3, -0.25) is 4.79 Å². The lowest BCUT2D eigenvalue weighted by Gasteiger charge is -2.36. The van der Waals surface area contributed by atoms with E-state index in [4.69, 9.17) is 4.74 Å². The number of carbonyl (C=O) groups excluding carboxylic acids is 1. The highest BCUT2D eigenvalue weighted by molar-refractivity contribution is 7.99. The van der Waals surface area contributed by atoms with E-state index in [1.165, 1.54) is 23.0 Å². The van der Waals surface area contributed by atoms with Crippen molar-refractivity contribution in [1.29, 1.82) is 0 Å². The first kappa shape index (κ1) is 23.2. The van der Waals surface area contributed by atoms with E-state index < -0.39 is 0 Å². The average molecular weight is 466 g/mol. The third-order valence-corrected chi connectivity index (χ3v) is 7.03. The summed E-state index contributed by atoms with van der Waals surface area (Å²) in [4.78, 5) is 17.0. The number of thioether (sulfide) groups is 1. The van der Waals surface area contributed by atoms with Gasteiger partial charge in [0, 0.05) is 45.3 Å². The van der Waals surface area contributed by atoms with Gasteiger partial charge in [0.25, 0.3) is 0 Å². The molecule has 0 saturated carbocycles. The maximum absolute atomic E-state index is 12.7. The molecular weight excluding hydrogens is 434 g/mol. The molecule has 0 bridgehead atoms. The summed E-state index contributed by atoms with van der Waals surface area (Å²) in [5.74, 6) is 2.39. The van der Waals surface area contributed by atoms with Crippen molar-refractivity contribution in [3.63, 3.8) is 0 Å². The molecule has 3 aromatic rings. The maximum atomic E-state index is 12.7. The van der Waals surface area contributed by atoms with Gasteiger partial charge in [-0.2, -0.15) is 0 Å². The zero-order valence-corrected chi connectivity index (χ0v) is 20.1. The molecule has 174 valence electrons. The van der Waals surface area contributed by atoms with E-state index >= 15 is 0 Å². The number of hydrogen-bond acceptors (Lipinski definition) is 6. The molecule has 2 heterocycles. The second kappa shape index (κ2) is 11.2. The molecule has 1 aliphatic heterocycles. The first-order valence-electron chi connectivity index (χ1n) is 11.4. The number of aromatic nitrogens is 3. The van der Waals surface area contributed by atoms with Gasteiger partial charge in [-0.1, -0.05) is 42.1 Å². The van der Waals surface area contributed by atoms with Crippen molar-refractivity contribution < 1.29 is 9.53 Å². The van der Waals surface area contributed by atoms with Gasteiger partial charge in [0.05, 0.1) is 12.9 Å². The number of carbonyl (C=O) groups is 1. The molecule has 4 rings (SSSR count). The van der Waals surface area contributed by atoms with Gasteiger partial charge in [0.1, 0.15) is 11.6 Å². The summed E-state index contributed by atoms with van der Waals surface area (Å²) in [5, 5.41) is 9.46. The highest BCUT2D eigenvalue weighted by Crippen LogP contribution is 2.20. The number of para-hydroxylation sites is 1. The maximum Gasteiger partial charge on any atom is 0.233 e. The summed E-state index contributed by atoms with van der Waals surface area (Å²) in [6.07, 6.45) is 2.83. The predicted octanol–water partition coefficient (Wildman–Crippen LogP) is 3.44. The molecule has 0 aliphatic carbocycles. The zero-order chi connectivity index (χ0) is 23.0. The predicted molar refractivity (Wildman–Crippen MR) is 132 cm³/mol. The van der Waals surface area contributed by atoms with Crippen LogP contribution < -0.4 is 9.64 Å². The second-order valence-corrected chi connectivity index (χ2v) is 9.09. The van der Waals surface area contributed by atoms with E-state index in [-0.39, 0.29) is 5.91 Å². The Morgan fingerprint density at radius 1 is 0.970 bits per heavy atom. The Bertz CT molecular complexity index is 1030. The fourth-order valence-electron chi connectivity index (χ4n) is 4.00. The van der Waals surface area contributed by atoms with E-state index in [1.54, 1.807) is 7.11 Å². The quantitative estimate of drug-likeness (QED) is 0.451. The summed E-state index contributed by atoms with van der Waals surface area (Å²) in [6, 6.07) is 18.6. The molecule has 1 amide bonds. The van der Waals surface area contributed by atoms with Crippen LogP contribution in [0.4, 0.5) is 5.69 Å². The molecule has 1 fully saturated rings. The summed E-state index contributed by atoms with van der Waals surface area (Å²) in [5.41, 5.74) is 2.50. The number of hydrogen-bond donors (Lipinski definition) is 0. The lowest BCUT2D eigenvalue weighted by molar-refractivity contribution is -0.128. The minimum absolute atomic E-state index is 0.164. The fraction of sp³-hybridized carbons (Fsp3) is 0.400. The van der Waals surface area contributed by atoms with Crippen molar-refractivity contribution in [3.8, 4) is 5.75 Å².